The van der Waals surface area contributed by atoms with E-state index in [4.69, 9.17) is 0 Å². The summed E-state index contributed by atoms with van der Waals surface area (Å²) in [6.07, 6.45) is -2.48. The van der Waals surface area contributed by atoms with Crippen LogP contribution in [0.2, 0.25) is 0 Å². The Bertz CT molecular complexity index is 1190. The van der Waals surface area contributed by atoms with E-state index in [1.54, 1.807) is 35.2 Å². The average Bonchev–Trinajstić information content (AvgIpc) is 3.18. The van der Waals surface area contributed by atoms with Gasteiger partial charge in [-0.15, -0.1) is 0 Å². The second-order valence-corrected chi connectivity index (χ2v) is 8.59. The number of halogens is 3. The molecule has 1 fully saturated rings. The van der Waals surface area contributed by atoms with Crippen molar-refractivity contribution in [1.82, 2.24) is 14.5 Å². The van der Waals surface area contributed by atoms with E-state index in [9.17, 15) is 22.8 Å². The number of likely N-dealkylation sites (tertiary alicyclic amines) is 1. The number of fused-ring (bicyclic) bond motifs is 1. The molecule has 0 radical (unpaired) electrons. The zero-order valence-corrected chi connectivity index (χ0v) is 18.1. The molecule has 0 unspecified atom stereocenters. The fourth-order valence-electron chi connectivity index (χ4n) is 3.88. The van der Waals surface area contributed by atoms with Gasteiger partial charge in [0.15, 0.2) is 5.16 Å². The van der Waals surface area contributed by atoms with Gasteiger partial charge in [-0.3, -0.25) is 14.2 Å². The van der Waals surface area contributed by atoms with E-state index in [0.29, 0.717) is 42.0 Å². The summed E-state index contributed by atoms with van der Waals surface area (Å²) in [5, 5.41) is 0.836. The smallest absolute Gasteiger partial charge is 0.343 e. The lowest BCUT2D eigenvalue weighted by Gasteiger charge is -2.18. The third-order valence-corrected chi connectivity index (χ3v) is 6.51. The molecular weight excluding hydrogens is 439 g/mol. The SMILES string of the molecule is O=C1CCCN1CCCn1c(SCc2ccccc2C(F)(F)F)nc2ccccc2c1=O. The predicted molar refractivity (Wildman–Crippen MR) is 117 cm³/mol. The molecule has 0 atom stereocenters. The Kier molecular flexibility index (Phi) is 6.55. The van der Waals surface area contributed by atoms with Gasteiger partial charge in [-0.05, 0) is 36.6 Å². The van der Waals surface area contributed by atoms with Crippen molar-refractivity contribution in [3.05, 3.63) is 70.0 Å². The van der Waals surface area contributed by atoms with Gasteiger partial charge in [-0.1, -0.05) is 42.1 Å². The molecule has 0 aliphatic carbocycles. The minimum atomic E-state index is -4.45. The van der Waals surface area contributed by atoms with Crippen LogP contribution >= 0.6 is 11.8 Å². The Labute approximate surface area is 187 Å². The van der Waals surface area contributed by atoms with Crippen LogP contribution in [0.15, 0.2) is 58.5 Å². The number of amides is 1. The van der Waals surface area contributed by atoms with Gasteiger partial charge < -0.3 is 4.90 Å². The van der Waals surface area contributed by atoms with Crippen molar-refractivity contribution in [3.8, 4) is 0 Å². The van der Waals surface area contributed by atoms with E-state index in [1.165, 1.54) is 16.7 Å². The molecule has 1 aliphatic heterocycles. The number of alkyl halides is 3. The third kappa shape index (κ3) is 4.82. The fraction of sp³-hybridized carbons (Fsp3) is 0.348. The van der Waals surface area contributed by atoms with Crippen LogP contribution in [0.3, 0.4) is 0 Å². The van der Waals surface area contributed by atoms with Crippen molar-refractivity contribution in [3.63, 3.8) is 0 Å². The third-order valence-electron chi connectivity index (χ3n) is 5.49. The molecule has 168 valence electrons. The summed E-state index contributed by atoms with van der Waals surface area (Å²) in [4.78, 5) is 31.3. The minimum absolute atomic E-state index is 0.0328. The highest BCUT2D eigenvalue weighted by molar-refractivity contribution is 7.98. The summed E-state index contributed by atoms with van der Waals surface area (Å²) in [6.45, 7) is 1.60. The maximum Gasteiger partial charge on any atom is 0.416 e. The molecule has 1 aliphatic rings. The largest absolute Gasteiger partial charge is 0.416 e. The molecule has 2 heterocycles. The molecule has 5 nitrogen and oxygen atoms in total. The first-order valence-corrected chi connectivity index (χ1v) is 11.4. The van der Waals surface area contributed by atoms with Gasteiger partial charge in [0.05, 0.1) is 16.5 Å². The minimum Gasteiger partial charge on any atom is -0.343 e. The van der Waals surface area contributed by atoms with Gasteiger partial charge in [0, 0.05) is 31.8 Å². The lowest BCUT2D eigenvalue weighted by Crippen LogP contribution is -2.29. The molecule has 1 saturated heterocycles. The van der Waals surface area contributed by atoms with Gasteiger partial charge in [-0.25, -0.2) is 4.98 Å². The van der Waals surface area contributed by atoms with E-state index in [0.717, 1.165) is 30.8 Å². The van der Waals surface area contributed by atoms with Crippen molar-refractivity contribution in [1.29, 1.82) is 0 Å². The molecule has 4 rings (SSSR count). The Morgan fingerprint density at radius 1 is 1.00 bits per heavy atom. The molecule has 0 bridgehead atoms. The predicted octanol–water partition coefficient (Wildman–Crippen LogP) is 4.72. The van der Waals surface area contributed by atoms with E-state index < -0.39 is 11.7 Å². The van der Waals surface area contributed by atoms with Gasteiger partial charge in [0.2, 0.25) is 5.91 Å². The van der Waals surface area contributed by atoms with Crippen LogP contribution in [-0.2, 0) is 23.3 Å². The molecule has 32 heavy (non-hydrogen) atoms. The summed E-state index contributed by atoms with van der Waals surface area (Å²) in [5.41, 5.74) is -0.263. The summed E-state index contributed by atoms with van der Waals surface area (Å²) >= 11 is 1.11. The van der Waals surface area contributed by atoms with E-state index in [2.05, 4.69) is 4.98 Å². The average molecular weight is 462 g/mol. The Balaban J connectivity index is 1.60. The number of carbonyl (C=O) groups is 1. The van der Waals surface area contributed by atoms with Crippen LogP contribution in [0.4, 0.5) is 13.2 Å². The Morgan fingerprint density at radius 2 is 1.75 bits per heavy atom. The molecule has 3 aromatic rings. The number of carbonyl (C=O) groups excluding carboxylic acids is 1. The summed E-state index contributed by atoms with van der Waals surface area (Å²) < 4.78 is 41.6. The first kappa shape index (κ1) is 22.4. The molecule has 0 N–H and O–H groups in total. The van der Waals surface area contributed by atoms with E-state index in [-0.39, 0.29) is 22.8 Å². The molecule has 0 saturated carbocycles. The maximum atomic E-state index is 13.4. The molecular formula is C23H22F3N3O2S. The van der Waals surface area contributed by atoms with Crippen molar-refractivity contribution >= 4 is 28.6 Å². The van der Waals surface area contributed by atoms with Gasteiger partial charge in [0.1, 0.15) is 0 Å². The van der Waals surface area contributed by atoms with Crippen LogP contribution < -0.4 is 5.56 Å². The van der Waals surface area contributed by atoms with Gasteiger partial charge in [0.25, 0.3) is 5.56 Å². The van der Waals surface area contributed by atoms with Crippen LogP contribution in [0, 0.1) is 0 Å². The van der Waals surface area contributed by atoms with Crippen molar-refractivity contribution in [2.45, 2.75) is 42.9 Å². The van der Waals surface area contributed by atoms with Crippen molar-refractivity contribution < 1.29 is 18.0 Å². The zero-order valence-electron chi connectivity index (χ0n) is 17.3. The van der Waals surface area contributed by atoms with Gasteiger partial charge >= 0.3 is 6.18 Å². The zero-order chi connectivity index (χ0) is 22.7. The second kappa shape index (κ2) is 9.36. The Hall–Kier alpha value is -2.81. The highest BCUT2D eigenvalue weighted by Gasteiger charge is 2.33. The maximum absolute atomic E-state index is 13.4. The number of para-hydroxylation sites is 1. The van der Waals surface area contributed by atoms with E-state index in [1.807, 2.05) is 0 Å². The topological polar surface area (TPSA) is 55.2 Å². The van der Waals surface area contributed by atoms with Crippen molar-refractivity contribution in [2.75, 3.05) is 13.1 Å². The summed E-state index contributed by atoms with van der Waals surface area (Å²) in [5.74, 6) is 0.151. The summed E-state index contributed by atoms with van der Waals surface area (Å²) in [7, 11) is 0. The second-order valence-electron chi connectivity index (χ2n) is 7.65. The molecule has 1 amide bonds. The number of aromatic nitrogens is 2. The number of hydrogen-bond donors (Lipinski definition) is 0. The highest BCUT2D eigenvalue weighted by Crippen LogP contribution is 2.34. The normalized spacial score (nSPS) is 14.5. The van der Waals surface area contributed by atoms with E-state index >= 15 is 0 Å². The lowest BCUT2D eigenvalue weighted by atomic mass is 10.1. The van der Waals surface area contributed by atoms with Gasteiger partial charge in [-0.2, -0.15) is 13.2 Å². The Morgan fingerprint density at radius 3 is 2.50 bits per heavy atom. The van der Waals surface area contributed by atoms with Crippen LogP contribution in [0.5, 0.6) is 0 Å². The first-order chi connectivity index (χ1) is 15.3. The lowest BCUT2D eigenvalue weighted by molar-refractivity contribution is -0.138. The number of thioether (sulfide) groups is 1. The van der Waals surface area contributed by atoms with Crippen LogP contribution in [-0.4, -0.2) is 33.4 Å². The van der Waals surface area contributed by atoms with Crippen LogP contribution in [0.1, 0.15) is 30.4 Å². The monoisotopic (exact) mass is 461 g/mol. The highest BCUT2D eigenvalue weighted by atomic mass is 32.2. The number of rotatable bonds is 7. The molecule has 9 heteroatoms. The number of nitrogens with zero attached hydrogens (tertiary/aromatic N) is 3. The van der Waals surface area contributed by atoms with Crippen LogP contribution in [0.25, 0.3) is 10.9 Å². The number of hydrogen-bond acceptors (Lipinski definition) is 4. The summed E-state index contributed by atoms with van der Waals surface area (Å²) in [6, 6.07) is 12.4. The van der Waals surface area contributed by atoms with Crippen molar-refractivity contribution in [2.24, 2.45) is 0 Å². The fourth-order valence-corrected chi connectivity index (χ4v) is 4.91. The molecule has 0 spiro atoms. The number of benzene rings is 2. The first-order valence-electron chi connectivity index (χ1n) is 10.4. The standard InChI is InChI=1S/C23H22F3N3O2S/c24-23(25,26)18-9-3-1-7-16(18)15-32-22-27-19-10-4-2-8-17(19)21(31)29(22)14-6-13-28-12-5-11-20(28)30/h1-4,7-10H,5-6,11-15H2. The molecule has 2 aromatic carbocycles. The molecule has 1 aromatic heterocycles. The quantitative estimate of drug-likeness (QED) is 0.377.